The smallest absolute Gasteiger partial charge is 0.328 e. The number of halogens is 3. The largest absolute Gasteiger partial charge is 0.329 e. The zero-order valence-electron chi connectivity index (χ0n) is 19.1. The highest BCUT2D eigenvalue weighted by Crippen LogP contribution is 2.34. The van der Waals surface area contributed by atoms with Crippen molar-refractivity contribution in [3.63, 3.8) is 0 Å². The topological polar surface area (TPSA) is 113 Å². The highest BCUT2D eigenvalue weighted by Gasteiger charge is 2.30. The number of benzene rings is 2. The van der Waals surface area contributed by atoms with Crippen molar-refractivity contribution < 1.29 is 9.59 Å². The number of imide groups is 1. The summed E-state index contributed by atoms with van der Waals surface area (Å²) >= 11 is 19.0. The van der Waals surface area contributed by atoms with Crippen LogP contribution in [0.1, 0.15) is 36.8 Å². The number of carbonyl (C=O) groups excluding carboxylic acids is 2. The van der Waals surface area contributed by atoms with Crippen molar-refractivity contribution in [2.45, 2.75) is 26.2 Å². The molecule has 0 spiro atoms. The van der Waals surface area contributed by atoms with Crippen LogP contribution in [0.25, 0.3) is 16.7 Å². The van der Waals surface area contributed by atoms with Crippen molar-refractivity contribution in [1.29, 1.82) is 0 Å². The second-order valence-electron chi connectivity index (χ2n) is 8.61. The number of urea groups is 1. The molecule has 1 aliphatic rings. The first kappa shape index (κ1) is 24.3. The molecule has 2 aromatic carbocycles. The van der Waals surface area contributed by atoms with Gasteiger partial charge in [-0.3, -0.25) is 9.59 Å². The van der Waals surface area contributed by atoms with Crippen LogP contribution in [0.2, 0.25) is 15.1 Å². The van der Waals surface area contributed by atoms with E-state index in [0.717, 1.165) is 10.5 Å². The van der Waals surface area contributed by atoms with E-state index in [4.69, 9.17) is 39.8 Å². The second kappa shape index (κ2) is 9.24. The van der Waals surface area contributed by atoms with Crippen LogP contribution < -0.4 is 15.8 Å². The number of hydrogen-bond donors (Lipinski definition) is 2. The van der Waals surface area contributed by atoms with Crippen molar-refractivity contribution in [3.05, 3.63) is 78.9 Å². The Labute approximate surface area is 220 Å². The molecule has 0 aliphatic carbocycles. The number of aromatic amines is 1. The van der Waals surface area contributed by atoms with Gasteiger partial charge < -0.3 is 10.3 Å². The van der Waals surface area contributed by atoms with Crippen LogP contribution in [0.4, 0.5) is 10.5 Å². The molecule has 3 heterocycles. The van der Waals surface area contributed by atoms with E-state index in [9.17, 15) is 14.4 Å². The summed E-state index contributed by atoms with van der Waals surface area (Å²) in [5.74, 6) is 0.0104. The van der Waals surface area contributed by atoms with E-state index in [-0.39, 0.29) is 40.4 Å². The third-order valence-corrected chi connectivity index (χ3v) is 6.56. The van der Waals surface area contributed by atoms with Gasteiger partial charge in [0.25, 0.3) is 11.5 Å². The molecule has 0 bridgehead atoms. The predicted molar refractivity (Wildman–Crippen MR) is 139 cm³/mol. The third-order valence-electron chi connectivity index (χ3n) is 5.76. The van der Waals surface area contributed by atoms with Gasteiger partial charge in [0.15, 0.2) is 5.65 Å². The number of anilines is 1. The molecule has 0 saturated carbocycles. The molecule has 1 saturated heterocycles. The standard InChI is InChI=1S/C24H19Cl3N6O3/c1-11(2)20-19-22(33(31-20)21-15(26)8-13(25)9-16(21)27)29-17(30-23(19)35)7-12-3-5-14(6-4-12)32-18(34)10-28-24(32)36/h3-6,8-9,11H,7,10H2,1-2H3,(H,28,36)(H,29,30,35). The van der Waals surface area contributed by atoms with E-state index in [1.807, 2.05) is 13.8 Å². The summed E-state index contributed by atoms with van der Waals surface area (Å²) < 4.78 is 1.48. The van der Waals surface area contributed by atoms with Gasteiger partial charge >= 0.3 is 6.03 Å². The Bertz CT molecular complexity index is 1550. The first-order chi connectivity index (χ1) is 17.1. The van der Waals surface area contributed by atoms with Gasteiger partial charge in [-0.2, -0.15) is 5.10 Å². The van der Waals surface area contributed by atoms with Gasteiger partial charge in [0.1, 0.15) is 16.9 Å². The Morgan fingerprint density at radius 1 is 1.03 bits per heavy atom. The number of rotatable bonds is 5. The molecule has 36 heavy (non-hydrogen) atoms. The molecule has 2 N–H and O–H groups in total. The van der Waals surface area contributed by atoms with Crippen LogP contribution in [0.3, 0.4) is 0 Å². The predicted octanol–water partition coefficient (Wildman–Crippen LogP) is 4.84. The first-order valence-corrected chi connectivity index (χ1v) is 12.1. The lowest BCUT2D eigenvalue weighted by Crippen LogP contribution is -2.30. The Balaban J connectivity index is 1.57. The van der Waals surface area contributed by atoms with E-state index in [1.165, 1.54) is 4.68 Å². The van der Waals surface area contributed by atoms with Gasteiger partial charge in [0, 0.05) is 11.4 Å². The average molecular weight is 546 g/mol. The van der Waals surface area contributed by atoms with E-state index in [1.54, 1.807) is 36.4 Å². The summed E-state index contributed by atoms with van der Waals surface area (Å²) in [4.78, 5) is 45.6. The number of fused-ring (bicyclic) bond motifs is 1. The first-order valence-electron chi connectivity index (χ1n) is 11.0. The van der Waals surface area contributed by atoms with Crippen LogP contribution in [0, 0.1) is 0 Å². The van der Waals surface area contributed by atoms with E-state index < -0.39 is 6.03 Å². The Morgan fingerprint density at radius 3 is 2.28 bits per heavy atom. The number of H-pyrrole nitrogens is 1. The number of nitrogens with one attached hydrogen (secondary N) is 2. The molecule has 184 valence electrons. The molecule has 9 nitrogen and oxygen atoms in total. The summed E-state index contributed by atoms with van der Waals surface area (Å²) in [7, 11) is 0. The molecule has 4 aromatic rings. The summed E-state index contributed by atoms with van der Waals surface area (Å²) in [5.41, 5.74) is 2.20. The average Bonchev–Trinajstić information content (AvgIpc) is 3.34. The van der Waals surface area contributed by atoms with Crippen molar-refractivity contribution in [1.82, 2.24) is 25.1 Å². The number of carbonyl (C=O) groups is 2. The number of aromatic nitrogens is 4. The van der Waals surface area contributed by atoms with Gasteiger partial charge in [-0.15, -0.1) is 0 Å². The zero-order chi connectivity index (χ0) is 25.7. The highest BCUT2D eigenvalue weighted by molar-refractivity contribution is 6.40. The minimum Gasteiger partial charge on any atom is -0.328 e. The number of amides is 3. The monoisotopic (exact) mass is 544 g/mol. The van der Waals surface area contributed by atoms with Gasteiger partial charge in [0.05, 0.1) is 28.0 Å². The van der Waals surface area contributed by atoms with E-state index >= 15 is 0 Å². The molecule has 5 rings (SSSR count). The SMILES string of the molecule is CC(C)c1nn(-c2c(Cl)cc(Cl)cc2Cl)c2nc(Cc3ccc(N4C(=O)CNC4=O)cc3)[nH]c(=O)c12. The van der Waals surface area contributed by atoms with Crippen molar-refractivity contribution in [3.8, 4) is 5.69 Å². The quantitative estimate of drug-likeness (QED) is 0.349. The molecule has 0 unspecified atom stereocenters. The Kier molecular flexibility index (Phi) is 6.23. The van der Waals surface area contributed by atoms with Gasteiger partial charge in [-0.05, 0) is 35.7 Å². The number of hydrogen-bond acceptors (Lipinski definition) is 5. The molecule has 1 fully saturated rings. The van der Waals surface area contributed by atoms with E-state index in [0.29, 0.717) is 38.9 Å². The van der Waals surface area contributed by atoms with Crippen LogP contribution in [0.15, 0.2) is 41.2 Å². The molecule has 0 atom stereocenters. The Hall–Kier alpha value is -3.40. The van der Waals surface area contributed by atoms with E-state index in [2.05, 4.69) is 15.4 Å². The normalized spacial score (nSPS) is 13.8. The molecule has 3 amide bonds. The minimum absolute atomic E-state index is 0.0283. The van der Waals surface area contributed by atoms with Crippen LogP contribution in [-0.2, 0) is 11.2 Å². The van der Waals surface area contributed by atoms with Crippen LogP contribution in [-0.4, -0.2) is 38.2 Å². The minimum atomic E-state index is -0.460. The maximum Gasteiger partial charge on any atom is 0.329 e. The lowest BCUT2D eigenvalue weighted by Gasteiger charge is -2.13. The maximum atomic E-state index is 13.2. The summed E-state index contributed by atoms with van der Waals surface area (Å²) in [6, 6.07) is 9.51. The fourth-order valence-electron chi connectivity index (χ4n) is 4.12. The Morgan fingerprint density at radius 2 is 1.69 bits per heavy atom. The van der Waals surface area contributed by atoms with Gasteiger partial charge in [-0.25, -0.2) is 19.4 Å². The second-order valence-corrected chi connectivity index (χ2v) is 9.86. The fraction of sp³-hybridized carbons (Fsp3) is 0.208. The van der Waals surface area contributed by atoms with Crippen molar-refractivity contribution in [2.75, 3.05) is 11.4 Å². The highest BCUT2D eigenvalue weighted by atomic mass is 35.5. The molecule has 1 aliphatic heterocycles. The molecule has 2 aromatic heterocycles. The molecular formula is C24H19Cl3N6O3. The zero-order valence-corrected chi connectivity index (χ0v) is 21.4. The van der Waals surface area contributed by atoms with Crippen LogP contribution >= 0.6 is 34.8 Å². The maximum absolute atomic E-state index is 13.2. The molecule has 12 heteroatoms. The summed E-state index contributed by atoms with van der Waals surface area (Å²) in [5, 5.41) is 8.39. The van der Waals surface area contributed by atoms with Crippen molar-refractivity contribution in [2.24, 2.45) is 0 Å². The van der Waals surface area contributed by atoms with Crippen molar-refractivity contribution >= 4 is 63.5 Å². The summed E-state index contributed by atoms with van der Waals surface area (Å²) in [6.07, 6.45) is 0.288. The molecule has 0 radical (unpaired) electrons. The van der Waals surface area contributed by atoms with Crippen LogP contribution in [0.5, 0.6) is 0 Å². The fourth-order valence-corrected chi connectivity index (χ4v) is 5.09. The number of nitrogens with zero attached hydrogens (tertiary/aromatic N) is 4. The lowest BCUT2D eigenvalue weighted by atomic mass is 10.1. The summed E-state index contributed by atoms with van der Waals surface area (Å²) in [6.45, 7) is 3.83. The third kappa shape index (κ3) is 4.23. The van der Waals surface area contributed by atoms with Gasteiger partial charge in [0.2, 0.25) is 0 Å². The molecular weight excluding hydrogens is 527 g/mol. The van der Waals surface area contributed by atoms with Gasteiger partial charge in [-0.1, -0.05) is 60.8 Å². The lowest BCUT2D eigenvalue weighted by molar-refractivity contribution is -0.115.